The minimum absolute atomic E-state index is 0.0793. The van der Waals surface area contributed by atoms with E-state index in [0.717, 1.165) is 11.1 Å². The van der Waals surface area contributed by atoms with Crippen LogP contribution in [0.4, 0.5) is 0 Å². The Kier molecular flexibility index (Phi) is 5.40. The van der Waals surface area contributed by atoms with Crippen LogP contribution in [-0.2, 0) is 15.6 Å². The maximum Gasteiger partial charge on any atom is 0.335 e. The number of fused-ring (bicyclic) bond motifs is 1. The van der Waals surface area contributed by atoms with Crippen molar-refractivity contribution < 1.29 is 18.3 Å². The second-order valence-corrected chi connectivity index (χ2v) is 9.76. The van der Waals surface area contributed by atoms with Gasteiger partial charge in [-0.05, 0) is 56.9 Å². The first-order valence-electron chi connectivity index (χ1n) is 8.74. The molecule has 2 heterocycles. The van der Waals surface area contributed by atoms with Crippen molar-refractivity contribution in [3.63, 3.8) is 0 Å². The molecule has 2 aromatic carbocycles. The molecule has 152 valence electrons. The average molecular weight is 506 g/mol. The van der Waals surface area contributed by atoms with Crippen molar-refractivity contribution in [2.24, 2.45) is 0 Å². The van der Waals surface area contributed by atoms with Gasteiger partial charge in [-0.1, -0.05) is 48.0 Å². The number of carboxylic acids is 1. The summed E-state index contributed by atoms with van der Waals surface area (Å²) in [6.07, 6.45) is 1.56. The van der Waals surface area contributed by atoms with Crippen LogP contribution in [0, 0.1) is 0 Å². The van der Waals surface area contributed by atoms with Gasteiger partial charge in [0.05, 0.1) is 11.3 Å². The number of sulfone groups is 1. The molecule has 0 fully saturated rings. The molecule has 0 atom stereocenters. The van der Waals surface area contributed by atoms with Crippen LogP contribution in [0.2, 0.25) is 5.15 Å². The van der Waals surface area contributed by atoms with Gasteiger partial charge in [-0.25, -0.2) is 18.2 Å². The SMILES string of the molecule is O=C(O)c1ccc(-c2ccccc2)cc1CS(=O)(=O)c1c(Cl)nc2ccc(Br)cn12. The largest absolute Gasteiger partial charge is 0.478 e. The topological polar surface area (TPSA) is 88.7 Å². The van der Waals surface area contributed by atoms with Gasteiger partial charge >= 0.3 is 5.97 Å². The fourth-order valence-corrected chi connectivity index (χ4v) is 5.65. The van der Waals surface area contributed by atoms with Crippen molar-refractivity contribution in [1.29, 1.82) is 0 Å². The van der Waals surface area contributed by atoms with Crippen LogP contribution in [0.15, 0.2) is 76.4 Å². The Morgan fingerprint density at radius 1 is 1.07 bits per heavy atom. The van der Waals surface area contributed by atoms with Crippen LogP contribution in [0.1, 0.15) is 15.9 Å². The van der Waals surface area contributed by atoms with Gasteiger partial charge in [0, 0.05) is 10.7 Å². The molecular weight excluding hydrogens is 492 g/mol. The van der Waals surface area contributed by atoms with Gasteiger partial charge in [0.2, 0.25) is 9.84 Å². The predicted molar refractivity (Wildman–Crippen MR) is 118 cm³/mol. The highest BCUT2D eigenvalue weighted by Gasteiger charge is 2.27. The van der Waals surface area contributed by atoms with Gasteiger partial charge < -0.3 is 5.11 Å². The Morgan fingerprint density at radius 2 is 1.80 bits per heavy atom. The summed E-state index contributed by atoms with van der Waals surface area (Å²) in [5.41, 5.74) is 2.04. The third-order valence-electron chi connectivity index (χ3n) is 4.58. The normalized spacial score (nSPS) is 11.7. The van der Waals surface area contributed by atoms with Gasteiger partial charge in [-0.3, -0.25) is 4.40 Å². The molecule has 0 saturated heterocycles. The van der Waals surface area contributed by atoms with Gasteiger partial charge in [0.15, 0.2) is 10.2 Å². The number of rotatable bonds is 5. The van der Waals surface area contributed by atoms with Crippen LogP contribution in [0.25, 0.3) is 16.8 Å². The van der Waals surface area contributed by atoms with Gasteiger partial charge in [-0.2, -0.15) is 0 Å². The number of pyridine rings is 1. The molecule has 30 heavy (non-hydrogen) atoms. The Bertz CT molecular complexity index is 1390. The smallest absolute Gasteiger partial charge is 0.335 e. The maximum atomic E-state index is 13.3. The van der Waals surface area contributed by atoms with Crippen molar-refractivity contribution in [3.05, 3.63) is 87.6 Å². The summed E-state index contributed by atoms with van der Waals surface area (Å²) in [6.45, 7) is 0. The Labute approximate surface area is 185 Å². The number of aromatic carboxylic acids is 1. The first-order chi connectivity index (χ1) is 14.3. The lowest BCUT2D eigenvalue weighted by molar-refractivity contribution is 0.0696. The minimum atomic E-state index is -4.01. The highest BCUT2D eigenvalue weighted by Crippen LogP contribution is 2.30. The van der Waals surface area contributed by atoms with Crippen molar-refractivity contribution in [2.75, 3.05) is 0 Å². The Hall–Kier alpha value is -2.68. The summed E-state index contributed by atoms with van der Waals surface area (Å²) in [5, 5.41) is 9.23. The monoisotopic (exact) mass is 504 g/mol. The molecule has 4 rings (SSSR count). The molecular formula is C21H14BrClN2O4S. The molecule has 0 unspecified atom stereocenters. The molecule has 0 radical (unpaired) electrons. The molecule has 0 aliphatic carbocycles. The number of halogens is 2. The third kappa shape index (κ3) is 3.86. The number of hydrogen-bond acceptors (Lipinski definition) is 4. The van der Waals surface area contributed by atoms with E-state index in [9.17, 15) is 18.3 Å². The lowest BCUT2D eigenvalue weighted by Gasteiger charge is -2.11. The van der Waals surface area contributed by atoms with E-state index in [1.807, 2.05) is 30.3 Å². The molecule has 4 aromatic rings. The summed E-state index contributed by atoms with van der Waals surface area (Å²) in [6, 6.07) is 17.3. The van der Waals surface area contributed by atoms with E-state index in [0.29, 0.717) is 10.1 Å². The first-order valence-corrected chi connectivity index (χ1v) is 11.6. The zero-order valence-corrected chi connectivity index (χ0v) is 18.4. The number of nitrogens with zero attached hydrogens (tertiary/aromatic N) is 2. The van der Waals surface area contributed by atoms with Crippen molar-refractivity contribution >= 4 is 49.0 Å². The zero-order chi connectivity index (χ0) is 21.5. The number of carboxylic acid groups (broad SMARTS) is 1. The lowest BCUT2D eigenvalue weighted by atomic mass is 10.00. The van der Waals surface area contributed by atoms with Crippen molar-refractivity contribution in [3.8, 4) is 11.1 Å². The van der Waals surface area contributed by atoms with E-state index in [4.69, 9.17) is 11.6 Å². The number of aromatic nitrogens is 2. The van der Waals surface area contributed by atoms with Crippen LogP contribution in [0.3, 0.4) is 0 Å². The summed E-state index contributed by atoms with van der Waals surface area (Å²) >= 11 is 9.47. The van der Waals surface area contributed by atoms with E-state index in [1.165, 1.54) is 10.5 Å². The van der Waals surface area contributed by atoms with E-state index < -0.39 is 21.6 Å². The molecule has 2 aromatic heterocycles. The maximum absolute atomic E-state index is 13.3. The van der Waals surface area contributed by atoms with Crippen molar-refractivity contribution in [1.82, 2.24) is 9.38 Å². The van der Waals surface area contributed by atoms with E-state index >= 15 is 0 Å². The lowest BCUT2D eigenvalue weighted by Crippen LogP contribution is -2.12. The Morgan fingerprint density at radius 3 is 2.50 bits per heavy atom. The highest BCUT2D eigenvalue weighted by molar-refractivity contribution is 9.10. The first kappa shape index (κ1) is 20.6. The van der Waals surface area contributed by atoms with Gasteiger partial charge in [0.25, 0.3) is 0 Å². The fraction of sp³-hybridized carbons (Fsp3) is 0.0476. The summed E-state index contributed by atoms with van der Waals surface area (Å²) < 4.78 is 28.6. The van der Waals surface area contributed by atoms with E-state index in [1.54, 1.807) is 30.5 Å². The van der Waals surface area contributed by atoms with Crippen LogP contribution in [-0.4, -0.2) is 28.9 Å². The zero-order valence-electron chi connectivity index (χ0n) is 15.3. The summed E-state index contributed by atoms with van der Waals surface area (Å²) in [7, 11) is -4.01. The number of carbonyl (C=O) groups is 1. The molecule has 1 N–H and O–H groups in total. The molecule has 0 aliphatic heterocycles. The van der Waals surface area contributed by atoms with Gasteiger partial charge in [-0.15, -0.1) is 0 Å². The van der Waals surface area contributed by atoms with E-state index in [-0.39, 0.29) is 21.3 Å². The highest BCUT2D eigenvalue weighted by atomic mass is 79.9. The summed E-state index contributed by atoms with van der Waals surface area (Å²) in [4.78, 5) is 15.8. The molecule has 0 saturated carbocycles. The molecule has 0 aliphatic rings. The second-order valence-electron chi connectivity index (χ2n) is 6.59. The Balaban J connectivity index is 1.84. The quantitative estimate of drug-likeness (QED) is 0.408. The van der Waals surface area contributed by atoms with Crippen molar-refractivity contribution in [2.45, 2.75) is 10.8 Å². The molecule has 0 bridgehead atoms. The second kappa shape index (κ2) is 7.86. The predicted octanol–water partition coefficient (Wildman–Crippen LogP) is 5.09. The minimum Gasteiger partial charge on any atom is -0.478 e. The summed E-state index contributed by atoms with van der Waals surface area (Å²) in [5.74, 6) is -1.73. The van der Waals surface area contributed by atoms with Gasteiger partial charge in [0.1, 0.15) is 5.65 Å². The van der Waals surface area contributed by atoms with Crippen LogP contribution >= 0.6 is 27.5 Å². The van der Waals surface area contributed by atoms with Crippen LogP contribution in [0.5, 0.6) is 0 Å². The van der Waals surface area contributed by atoms with E-state index in [2.05, 4.69) is 20.9 Å². The third-order valence-corrected chi connectivity index (χ3v) is 7.10. The molecule has 0 amide bonds. The standard InChI is InChI=1S/C21H14BrClN2O4S/c22-16-7-9-18-24-19(23)20(25(18)11-16)30(28,29)12-15-10-14(6-8-17(15)21(26)27)13-4-2-1-3-5-13/h1-11H,12H2,(H,26,27). The molecule has 9 heteroatoms. The molecule has 0 spiro atoms. The number of benzene rings is 2. The molecule has 6 nitrogen and oxygen atoms in total. The fourth-order valence-electron chi connectivity index (χ4n) is 3.25. The van der Waals surface area contributed by atoms with Crippen LogP contribution < -0.4 is 0 Å². The number of hydrogen-bond donors (Lipinski definition) is 1. The average Bonchev–Trinajstić information content (AvgIpc) is 3.03. The number of imidazole rings is 1.